The van der Waals surface area contributed by atoms with E-state index in [9.17, 15) is 5.11 Å². The van der Waals surface area contributed by atoms with Crippen molar-refractivity contribution in [2.24, 2.45) is 0 Å². The van der Waals surface area contributed by atoms with Crippen LogP contribution in [0, 0.1) is 0 Å². The van der Waals surface area contributed by atoms with Crippen molar-refractivity contribution in [2.75, 3.05) is 44.3 Å². The molecule has 1 aliphatic heterocycles. The van der Waals surface area contributed by atoms with E-state index >= 15 is 0 Å². The SMILES string of the molecule is C[N+]1(CCNc2cc(O)ccc2N)CCCCC1. The molecule has 1 aliphatic rings. The Kier molecular flexibility index (Phi) is 3.97. The molecule has 1 fully saturated rings. The lowest BCUT2D eigenvalue weighted by molar-refractivity contribution is -0.912. The summed E-state index contributed by atoms with van der Waals surface area (Å²) in [7, 11) is 2.33. The number of nitrogen functional groups attached to an aromatic ring is 1. The Labute approximate surface area is 109 Å². The maximum absolute atomic E-state index is 9.44. The highest BCUT2D eigenvalue weighted by molar-refractivity contribution is 5.67. The summed E-state index contributed by atoms with van der Waals surface area (Å²) in [5.41, 5.74) is 7.38. The highest BCUT2D eigenvalue weighted by Gasteiger charge is 2.23. The number of hydrogen-bond donors (Lipinski definition) is 3. The van der Waals surface area contributed by atoms with Gasteiger partial charge in [0.25, 0.3) is 0 Å². The van der Waals surface area contributed by atoms with Crippen LogP contribution in [0.5, 0.6) is 5.75 Å². The molecule has 100 valence electrons. The van der Waals surface area contributed by atoms with Gasteiger partial charge < -0.3 is 20.6 Å². The van der Waals surface area contributed by atoms with Crippen molar-refractivity contribution in [1.82, 2.24) is 0 Å². The monoisotopic (exact) mass is 250 g/mol. The number of nitrogens with zero attached hydrogens (tertiary/aromatic N) is 1. The summed E-state index contributed by atoms with van der Waals surface area (Å²) in [6, 6.07) is 5.03. The van der Waals surface area contributed by atoms with Gasteiger partial charge in [0.2, 0.25) is 0 Å². The fourth-order valence-electron chi connectivity index (χ4n) is 2.66. The van der Waals surface area contributed by atoms with E-state index in [2.05, 4.69) is 12.4 Å². The summed E-state index contributed by atoms with van der Waals surface area (Å²) in [6.07, 6.45) is 4.05. The zero-order valence-corrected chi connectivity index (χ0v) is 11.2. The van der Waals surface area contributed by atoms with Crippen LogP contribution in [0.25, 0.3) is 0 Å². The molecular weight excluding hydrogens is 226 g/mol. The summed E-state index contributed by atoms with van der Waals surface area (Å²) in [6.45, 7) is 4.55. The topological polar surface area (TPSA) is 58.3 Å². The van der Waals surface area contributed by atoms with Crippen LogP contribution in [0.15, 0.2) is 18.2 Å². The van der Waals surface area contributed by atoms with Crippen LogP contribution in [0.3, 0.4) is 0 Å². The number of benzene rings is 1. The van der Waals surface area contributed by atoms with Crippen molar-refractivity contribution in [1.29, 1.82) is 0 Å². The number of nitrogens with two attached hydrogens (primary N) is 1. The molecule has 2 rings (SSSR count). The Hall–Kier alpha value is -1.42. The zero-order chi connectivity index (χ0) is 13.0. The predicted molar refractivity (Wildman–Crippen MR) is 75.6 cm³/mol. The molecule has 1 heterocycles. The lowest BCUT2D eigenvalue weighted by atomic mass is 10.1. The summed E-state index contributed by atoms with van der Waals surface area (Å²) < 4.78 is 1.14. The molecule has 0 atom stereocenters. The smallest absolute Gasteiger partial charge is 0.117 e. The molecule has 0 aliphatic carbocycles. The van der Waals surface area contributed by atoms with Crippen LogP contribution in [-0.4, -0.2) is 42.8 Å². The first-order valence-electron chi connectivity index (χ1n) is 6.75. The average molecular weight is 250 g/mol. The van der Waals surface area contributed by atoms with E-state index in [1.165, 1.54) is 32.4 Å². The van der Waals surface area contributed by atoms with Gasteiger partial charge in [0, 0.05) is 6.07 Å². The Balaban J connectivity index is 1.86. The van der Waals surface area contributed by atoms with Crippen molar-refractivity contribution < 1.29 is 9.59 Å². The second-order valence-corrected chi connectivity index (χ2v) is 5.55. The first-order valence-corrected chi connectivity index (χ1v) is 6.75. The highest BCUT2D eigenvalue weighted by atomic mass is 16.3. The van der Waals surface area contributed by atoms with Gasteiger partial charge in [-0.05, 0) is 31.4 Å². The summed E-state index contributed by atoms with van der Waals surface area (Å²) in [5.74, 6) is 0.255. The normalized spacial score (nSPS) is 18.5. The molecule has 4 heteroatoms. The van der Waals surface area contributed by atoms with Crippen molar-refractivity contribution in [3.63, 3.8) is 0 Å². The Morgan fingerprint density at radius 2 is 2.00 bits per heavy atom. The molecule has 0 amide bonds. The number of phenols is 1. The molecule has 0 saturated carbocycles. The van der Waals surface area contributed by atoms with E-state index in [1.807, 2.05) is 0 Å². The standard InChI is InChI=1S/C14H23N3O/c1-17(8-3-2-4-9-17)10-7-16-14-11-12(18)5-6-13(14)15/h5-6,11,16H,2-4,7-10,15H2,1H3/p+1. The number of aromatic hydroxyl groups is 1. The molecule has 0 aromatic heterocycles. The number of likely N-dealkylation sites (tertiary alicyclic amines) is 1. The number of rotatable bonds is 4. The predicted octanol–water partition coefficient (Wildman–Crippen LogP) is 2.02. The number of phenolic OH excluding ortho intramolecular Hbond substituents is 1. The van der Waals surface area contributed by atoms with Gasteiger partial charge in [-0.3, -0.25) is 0 Å². The number of likely N-dealkylation sites (N-methyl/N-ethyl adjacent to an activating group) is 1. The van der Waals surface area contributed by atoms with Gasteiger partial charge in [-0.15, -0.1) is 0 Å². The number of piperidine rings is 1. The Bertz CT molecular complexity index is 400. The quantitative estimate of drug-likeness (QED) is 0.435. The van der Waals surface area contributed by atoms with Gasteiger partial charge in [0.1, 0.15) is 5.75 Å². The third-order valence-corrected chi connectivity index (χ3v) is 3.90. The molecule has 18 heavy (non-hydrogen) atoms. The molecule has 0 bridgehead atoms. The van der Waals surface area contributed by atoms with Crippen molar-refractivity contribution >= 4 is 11.4 Å². The van der Waals surface area contributed by atoms with Crippen LogP contribution in [0.4, 0.5) is 11.4 Å². The van der Waals surface area contributed by atoms with Crippen LogP contribution in [0.1, 0.15) is 19.3 Å². The van der Waals surface area contributed by atoms with Gasteiger partial charge >= 0.3 is 0 Å². The maximum Gasteiger partial charge on any atom is 0.117 e. The third kappa shape index (κ3) is 3.29. The number of anilines is 2. The van der Waals surface area contributed by atoms with E-state index in [0.29, 0.717) is 5.69 Å². The largest absolute Gasteiger partial charge is 0.508 e. The Morgan fingerprint density at radius 1 is 1.28 bits per heavy atom. The lowest BCUT2D eigenvalue weighted by Gasteiger charge is -2.37. The summed E-state index contributed by atoms with van der Waals surface area (Å²) in [4.78, 5) is 0. The van der Waals surface area contributed by atoms with E-state index in [4.69, 9.17) is 5.73 Å². The number of hydrogen-bond acceptors (Lipinski definition) is 3. The third-order valence-electron chi connectivity index (χ3n) is 3.90. The minimum Gasteiger partial charge on any atom is -0.508 e. The van der Waals surface area contributed by atoms with Crippen molar-refractivity contribution in [3.05, 3.63) is 18.2 Å². The van der Waals surface area contributed by atoms with Crippen LogP contribution in [-0.2, 0) is 0 Å². The molecule has 1 aromatic carbocycles. The second-order valence-electron chi connectivity index (χ2n) is 5.55. The first kappa shape index (κ1) is 13.0. The van der Waals surface area contributed by atoms with E-state index in [0.717, 1.165) is 23.3 Å². The molecular formula is C14H24N3O+. The highest BCUT2D eigenvalue weighted by Crippen LogP contribution is 2.23. The van der Waals surface area contributed by atoms with E-state index in [1.54, 1.807) is 18.2 Å². The fourth-order valence-corrected chi connectivity index (χ4v) is 2.66. The molecule has 0 unspecified atom stereocenters. The van der Waals surface area contributed by atoms with Crippen LogP contribution in [0.2, 0.25) is 0 Å². The van der Waals surface area contributed by atoms with Gasteiger partial charge in [0.15, 0.2) is 0 Å². The minimum absolute atomic E-state index is 0.255. The fraction of sp³-hybridized carbons (Fsp3) is 0.571. The minimum atomic E-state index is 0.255. The molecule has 1 aromatic rings. The Morgan fingerprint density at radius 3 is 2.72 bits per heavy atom. The van der Waals surface area contributed by atoms with Crippen molar-refractivity contribution in [2.45, 2.75) is 19.3 Å². The zero-order valence-electron chi connectivity index (χ0n) is 11.2. The van der Waals surface area contributed by atoms with Crippen LogP contribution < -0.4 is 11.1 Å². The summed E-state index contributed by atoms with van der Waals surface area (Å²) in [5, 5.41) is 12.8. The van der Waals surface area contributed by atoms with E-state index in [-0.39, 0.29) is 5.75 Å². The molecule has 0 radical (unpaired) electrons. The van der Waals surface area contributed by atoms with Gasteiger partial charge in [0.05, 0.1) is 44.6 Å². The van der Waals surface area contributed by atoms with Gasteiger partial charge in [-0.2, -0.15) is 0 Å². The first-order chi connectivity index (χ1) is 8.59. The number of nitrogens with one attached hydrogen (secondary N) is 1. The van der Waals surface area contributed by atoms with Gasteiger partial charge in [-0.1, -0.05) is 0 Å². The van der Waals surface area contributed by atoms with Gasteiger partial charge in [-0.25, -0.2) is 0 Å². The second kappa shape index (κ2) is 5.48. The van der Waals surface area contributed by atoms with E-state index < -0.39 is 0 Å². The molecule has 4 N–H and O–H groups in total. The molecule has 4 nitrogen and oxygen atoms in total. The number of quaternary nitrogens is 1. The molecule has 0 spiro atoms. The molecule has 1 saturated heterocycles. The maximum atomic E-state index is 9.44. The summed E-state index contributed by atoms with van der Waals surface area (Å²) >= 11 is 0. The average Bonchev–Trinajstić information content (AvgIpc) is 2.34. The van der Waals surface area contributed by atoms with Crippen LogP contribution >= 0.6 is 0 Å². The van der Waals surface area contributed by atoms with Crippen molar-refractivity contribution in [3.8, 4) is 5.75 Å². The lowest BCUT2D eigenvalue weighted by Crippen LogP contribution is -2.50.